The molecule has 1 unspecified atom stereocenters. The Bertz CT molecular complexity index is 330. The second-order valence-corrected chi connectivity index (χ2v) is 4.53. The van der Waals surface area contributed by atoms with Crippen molar-refractivity contribution in [2.45, 2.75) is 38.8 Å². The van der Waals surface area contributed by atoms with Gasteiger partial charge in [0.15, 0.2) is 0 Å². The van der Waals surface area contributed by atoms with E-state index in [1.54, 1.807) is 6.07 Å². The zero-order valence-electron chi connectivity index (χ0n) is 10.7. The molecule has 0 saturated heterocycles. The Morgan fingerprint density at radius 1 is 1.35 bits per heavy atom. The van der Waals surface area contributed by atoms with Gasteiger partial charge in [-0.3, -0.25) is 0 Å². The van der Waals surface area contributed by atoms with Crippen molar-refractivity contribution in [1.29, 1.82) is 0 Å². The second kappa shape index (κ2) is 7.41. The minimum atomic E-state index is -0.197. The Balaban J connectivity index is 2.30. The van der Waals surface area contributed by atoms with Gasteiger partial charge >= 0.3 is 0 Å². The van der Waals surface area contributed by atoms with Crippen molar-refractivity contribution in [3.05, 3.63) is 35.6 Å². The molecule has 0 fully saturated rings. The van der Waals surface area contributed by atoms with Crippen LogP contribution in [0.25, 0.3) is 0 Å². The van der Waals surface area contributed by atoms with Gasteiger partial charge in [0.05, 0.1) is 6.10 Å². The first-order valence-electron chi connectivity index (χ1n) is 6.23. The highest BCUT2D eigenvalue weighted by Gasteiger charge is 2.06. The van der Waals surface area contributed by atoms with Crippen LogP contribution in [0.15, 0.2) is 24.3 Å². The van der Waals surface area contributed by atoms with Crippen LogP contribution in [-0.4, -0.2) is 29.7 Å². The molecular weight excluding hydrogens is 217 g/mol. The van der Waals surface area contributed by atoms with Crippen molar-refractivity contribution in [3.63, 3.8) is 0 Å². The molecule has 2 nitrogen and oxygen atoms in total. The van der Waals surface area contributed by atoms with Crippen molar-refractivity contribution >= 4 is 0 Å². The van der Waals surface area contributed by atoms with Crippen LogP contribution in [0.1, 0.15) is 31.7 Å². The average molecular weight is 239 g/mol. The Morgan fingerprint density at radius 3 is 2.71 bits per heavy atom. The van der Waals surface area contributed by atoms with Gasteiger partial charge in [-0.15, -0.1) is 0 Å². The van der Waals surface area contributed by atoms with E-state index in [4.69, 9.17) is 0 Å². The first-order valence-corrected chi connectivity index (χ1v) is 6.23. The molecule has 1 aromatic carbocycles. The van der Waals surface area contributed by atoms with Crippen molar-refractivity contribution in [2.75, 3.05) is 13.6 Å². The van der Waals surface area contributed by atoms with E-state index in [1.807, 2.05) is 26.1 Å². The second-order valence-electron chi connectivity index (χ2n) is 4.53. The first-order chi connectivity index (χ1) is 8.13. The van der Waals surface area contributed by atoms with Gasteiger partial charge in [0, 0.05) is 12.1 Å². The summed E-state index contributed by atoms with van der Waals surface area (Å²) in [4.78, 5) is 2.08. The van der Waals surface area contributed by atoms with Crippen LogP contribution in [-0.2, 0) is 6.54 Å². The third-order valence-electron chi connectivity index (χ3n) is 2.95. The molecule has 3 heteroatoms. The van der Waals surface area contributed by atoms with Crippen molar-refractivity contribution < 1.29 is 9.50 Å². The van der Waals surface area contributed by atoms with E-state index in [9.17, 15) is 9.50 Å². The van der Waals surface area contributed by atoms with Crippen LogP contribution in [0.4, 0.5) is 4.39 Å². The molecule has 96 valence electrons. The Hall–Kier alpha value is -0.930. The summed E-state index contributed by atoms with van der Waals surface area (Å²) in [6, 6.07) is 6.86. The summed E-state index contributed by atoms with van der Waals surface area (Å²) in [6.07, 6.45) is 2.37. The summed E-state index contributed by atoms with van der Waals surface area (Å²) in [7, 11) is 1.98. The molecule has 0 radical (unpaired) electrons. The van der Waals surface area contributed by atoms with Crippen molar-refractivity contribution in [3.8, 4) is 0 Å². The molecule has 1 rings (SSSR count). The fraction of sp³-hybridized carbons (Fsp3) is 0.571. The topological polar surface area (TPSA) is 23.5 Å². The molecule has 0 aliphatic heterocycles. The molecule has 1 aromatic rings. The van der Waals surface area contributed by atoms with Crippen LogP contribution in [0.2, 0.25) is 0 Å². The molecular formula is C14H22FNO. The van der Waals surface area contributed by atoms with Gasteiger partial charge in [0.25, 0.3) is 0 Å². The van der Waals surface area contributed by atoms with Gasteiger partial charge in [-0.05, 0) is 38.9 Å². The third-order valence-corrected chi connectivity index (χ3v) is 2.95. The molecule has 0 amide bonds. The summed E-state index contributed by atoms with van der Waals surface area (Å²) >= 11 is 0. The zero-order chi connectivity index (χ0) is 12.7. The summed E-state index contributed by atoms with van der Waals surface area (Å²) in [6.45, 7) is 3.48. The SMILES string of the molecule is CCC(O)CCCN(C)Cc1ccccc1F. The monoisotopic (exact) mass is 239 g/mol. The fourth-order valence-electron chi connectivity index (χ4n) is 1.80. The Labute approximate surface area is 103 Å². The quantitative estimate of drug-likeness (QED) is 0.791. The van der Waals surface area contributed by atoms with E-state index in [1.165, 1.54) is 6.07 Å². The number of halogens is 1. The molecule has 0 aliphatic rings. The van der Waals surface area contributed by atoms with Crippen LogP contribution in [0, 0.1) is 5.82 Å². The maximum atomic E-state index is 13.4. The number of hydrogen-bond acceptors (Lipinski definition) is 2. The number of hydrogen-bond donors (Lipinski definition) is 1. The number of aliphatic hydroxyl groups excluding tert-OH is 1. The molecule has 0 aliphatic carbocycles. The number of nitrogens with zero attached hydrogens (tertiary/aromatic N) is 1. The fourth-order valence-corrected chi connectivity index (χ4v) is 1.80. The van der Waals surface area contributed by atoms with E-state index in [2.05, 4.69) is 4.90 Å². The molecule has 0 aromatic heterocycles. The number of benzene rings is 1. The lowest BCUT2D eigenvalue weighted by Crippen LogP contribution is -2.21. The molecule has 0 saturated carbocycles. The summed E-state index contributed by atoms with van der Waals surface area (Å²) in [5, 5.41) is 9.43. The molecule has 0 heterocycles. The van der Waals surface area contributed by atoms with E-state index in [0.717, 1.165) is 31.4 Å². The van der Waals surface area contributed by atoms with Crippen LogP contribution >= 0.6 is 0 Å². The van der Waals surface area contributed by atoms with Gasteiger partial charge in [-0.25, -0.2) is 4.39 Å². The normalized spacial score (nSPS) is 13.0. The highest BCUT2D eigenvalue weighted by atomic mass is 19.1. The maximum Gasteiger partial charge on any atom is 0.127 e. The van der Waals surface area contributed by atoms with Gasteiger partial charge < -0.3 is 10.0 Å². The predicted molar refractivity (Wildman–Crippen MR) is 68.3 cm³/mol. The van der Waals surface area contributed by atoms with Gasteiger partial charge in [-0.1, -0.05) is 25.1 Å². The number of rotatable bonds is 7. The van der Waals surface area contributed by atoms with E-state index < -0.39 is 0 Å². The van der Waals surface area contributed by atoms with Gasteiger partial charge in [0.1, 0.15) is 5.82 Å². The lowest BCUT2D eigenvalue weighted by Gasteiger charge is -2.17. The van der Waals surface area contributed by atoms with Gasteiger partial charge in [0.2, 0.25) is 0 Å². The lowest BCUT2D eigenvalue weighted by atomic mass is 10.1. The summed E-state index contributed by atoms with van der Waals surface area (Å²) in [5.41, 5.74) is 0.728. The minimum absolute atomic E-state index is 0.145. The highest BCUT2D eigenvalue weighted by Crippen LogP contribution is 2.10. The minimum Gasteiger partial charge on any atom is -0.393 e. The Morgan fingerprint density at radius 2 is 2.06 bits per heavy atom. The van der Waals surface area contributed by atoms with Gasteiger partial charge in [-0.2, -0.15) is 0 Å². The lowest BCUT2D eigenvalue weighted by molar-refractivity contribution is 0.151. The molecule has 1 N–H and O–H groups in total. The van der Waals surface area contributed by atoms with E-state index in [0.29, 0.717) is 6.54 Å². The maximum absolute atomic E-state index is 13.4. The third kappa shape index (κ3) is 5.29. The first kappa shape index (κ1) is 14.1. The van der Waals surface area contributed by atoms with Crippen molar-refractivity contribution in [2.24, 2.45) is 0 Å². The molecule has 0 spiro atoms. The zero-order valence-corrected chi connectivity index (χ0v) is 10.7. The Kier molecular flexibility index (Phi) is 6.16. The van der Waals surface area contributed by atoms with E-state index in [-0.39, 0.29) is 11.9 Å². The molecule has 17 heavy (non-hydrogen) atoms. The van der Waals surface area contributed by atoms with E-state index >= 15 is 0 Å². The summed E-state index contributed by atoms with van der Waals surface area (Å²) in [5.74, 6) is -0.145. The average Bonchev–Trinajstić information content (AvgIpc) is 2.32. The highest BCUT2D eigenvalue weighted by molar-refractivity contribution is 5.16. The largest absolute Gasteiger partial charge is 0.393 e. The summed E-state index contributed by atoms with van der Waals surface area (Å²) < 4.78 is 13.4. The molecule has 0 bridgehead atoms. The number of aliphatic hydroxyl groups is 1. The van der Waals surface area contributed by atoms with Crippen LogP contribution in [0.5, 0.6) is 0 Å². The molecule has 1 atom stereocenters. The predicted octanol–water partition coefficient (Wildman–Crippen LogP) is 2.81. The van der Waals surface area contributed by atoms with Crippen molar-refractivity contribution in [1.82, 2.24) is 4.90 Å². The smallest absolute Gasteiger partial charge is 0.127 e. The standard InChI is InChI=1S/C14H22FNO/c1-3-13(17)8-6-10-16(2)11-12-7-4-5-9-14(12)15/h4-5,7,9,13,17H,3,6,8,10-11H2,1-2H3. The van der Waals surface area contributed by atoms with Crippen LogP contribution < -0.4 is 0 Å². The van der Waals surface area contributed by atoms with Crippen LogP contribution in [0.3, 0.4) is 0 Å².